The smallest absolute Gasteiger partial charge is 0.416 e. The zero-order valence-corrected chi connectivity index (χ0v) is 14.7. The minimum Gasteiger partial charge on any atom is -0.462 e. The second-order valence-corrected chi connectivity index (χ2v) is 6.24. The highest BCUT2D eigenvalue weighted by atomic mass is 19.4. The zero-order valence-electron chi connectivity index (χ0n) is 14.7. The van der Waals surface area contributed by atoms with Gasteiger partial charge in [0, 0.05) is 38.3 Å². The summed E-state index contributed by atoms with van der Waals surface area (Å²) in [7, 11) is 0. The highest BCUT2D eigenvalue weighted by Gasteiger charge is 2.36. The molecule has 0 aliphatic carbocycles. The number of hydrogen-bond acceptors (Lipinski definition) is 5. The number of nitrogens with one attached hydrogen (secondary N) is 1. The number of benzene rings is 1. The highest BCUT2D eigenvalue weighted by Crippen LogP contribution is 2.35. The standard InChI is InChI=1S/C17H22F3N3O3/c1-3-26-16(25)13-7-14(17(18,19)20)11(6-15(13)21)8-23-5-4-12(9-23)22-10(2)24/h6-7,12H,3-5,8-9,21H2,1-2H3,(H,22,24). The van der Waals surface area contributed by atoms with Crippen molar-refractivity contribution < 1.29 is 27.5 Å². The maximum atomic E-state index is 13.5. The molecule has 0 bridgehead atoms. The van der Waals surface area contributed by atoms with Crippen LogP contribution in [0, 0.1) is 0 Å². The van der Waals surface area contributed by atoms with E-state index in [2.05, 4.69) is 5.32 Å². The van der Waals surface area contributed by atoms with Gasteiger partial charge in [0.15, 0.2) is 0 Å². The average Bonchev–Trinajstić information content (AvgIpc) is 2.92. The quantitative estimate of drug-likeness (QED) is 0.610. The Morgan fingerprint density at radius 1 is 1.38 bits per heavy atom. The Morgan fingerprint density at radius 3 is 2.65 bits per heavy atom. The van der Waals surface area contributed by atoms with E-state index in [1.807, 2.05) is 4.90 Å². The third-order valence-electron chi connectivity index (χ3n) is 4.15. The van der Waals surface area contributed by atoms with E-state index in [1.54, 1.807) is 6.92 Å². The van der Waals surface area contributed by atoms with Crippen molar-refractivity contribution in [3.63, 3.8) is 0 Å². The number of hydrogen-bond donors (Lipinski definition) is 2. The van der Waals surface area contributed by atoms with Gasteiger partial charge < -0.3 is 15.8 Å². The van der Waals surface area contributed by atoms with Gasteiger partial charge in [0.1, 0.15) is 0 Å². The summed E-state index contributed by atoms with van der Waals surface area (Å²) in [5.74, 6) is -1.05. The third-order valence-corrected chi connectivity index (χ3v) is 4.15. The fourth-order valence-electron chi connectivity index (χ4n) is 3.07. The summed E-state index contributed by atoms with van der Waals surface area (Å²) in [5, 5.41) is 2.76. The van der Waals surface area contributed by atoms with E-state index in [0.717, 1.165) is 6.07 Å². The van der Waals surface area contributed by atoms with Crippen molar-refractivity contribution in [1.29, 1.82) is 0 Å². The van der Waals surface area contributed by atoms with Crippen LogP contribution in [0.5, 0.6) is 0 Å². The molecule has 144 valence electrons. The lowest BCUT2D eigenvalue weighted by molar-refractivity contribution is -0.138. The van der Waals surface area contributed by atoms with Crippen molar-refractivity contribution in [2.75, 3.05) is 25.4 Å². The van der Waals surface area contributed by atoms with Crippen LogP contribution in [-0.4, -0.2) is 42.5 Å². The third kappa shape index (κ3) is 4.87. The van der Waals surface area contributed by atoms with Crippen molar-refractivity contribution in [1.82, 2.24) is 10.2 Å². The molecule has 1 aliphatic heterocycles. The predicted molar refractivity (Wildman–Crippen MR) is 89.3 cm³/mol. The van der Waals surface area contributed by atoms with Gasteiger partial charge in [-0.05, 0) is 31.0 Å². The second-order valence-electron chi connectivity index (χ2n) is 6.24. The summed E-state index contributed by atoms with van der Waals surface area (Å²) >= 11 is 0. The van der Waals surface area contributed by atoms with Crippen LogP contribution in [0.3, 0.4) is 0 Å². The molecule has 1 aromatic rings. The lowest BCUT2D eigenvalue weighted by Crippen LogP contribution is -2.35. The van der Waals surface area contributed by atoms with Gasteiger partial charge >= 0.3 is 12.1 Å². The number of rotatable bonds is 5. The van der Waals surface area contributed by atoms with E-state index in [9.17, 15) is 22.8 Å². The lowest BCUT2D eigenvalue weighted by Gasteiger charge is -2.21. The number of ether oxygens (including phenoxy) is 1. The van der Waals surface area contributed by atoms with Gasteiger partial charge in [-0.1, -0.05) is 0 Å². The van der Waals surface area contributed by atoms with Crippen LogP contribution in [0.4, 0.5) is 18.9 Å². The first-order chi connectivity index (χ1) is 12.1. The van der Waals surface area contributed by atoms with Crippen LogP contribution in [-0.2, 0) is 22.3 Å². The normalized spacial score (nSPS) is 18.0. The Balaban J connectivity index is 2.26. The van der Waals surface area contributed by atoms with Gasteiger partial charge in [-0.3, -0.25) is 9.69 Å². The number of amides is 1. The summed E-state index contributed by atoms with van der Waals surface area (Å²) in [5.41, 5.74) is 4.53. The molecule has 1 aliphatic rings. The molecule has 1 fully saturated rings. The summed E-state index contributed by atoms with van der Waals surface area (Å²) in [6.45, 7) is 4.04. The van der Waals surface area contributed by atoms with Crippen molar-refractivity contribution >= 4 is 17.6 Å². The molecule has 1 unspecified atom stereocenters. The number of halogens is 3. The number of likely N-dealkylation sites (tertiary alicyclic amines) is 1. The number of nitrogen functional groups attached to an aromatic ring is 1. The van der Waals surface area contributed by atoms with Crippen LogP contribution < -0.4 is 11.1 Å². The molecule has 1 aromatic carbocycles. The van der Waals surface area contributed by atoms with E-state index in [1.165, 1.54) is 13.0 Å². The van der Waals surface area contributed by atoms with Crippen molar-refractivity contribution in [2.45, 2.75) is 39.0 Å². The number of alkyl halides is 3. The average molecular weight is 373 g/mol. The first kappa shape index (κ1) is 20.0. The van der Waals surface area contributed by atoms with Gasteiger partial charge in [0.05, 0.1) is 17.7 Å². The highest BCUT2D eigenvalue weighted by molar-refractivity contribution is 5.95. The van der Waals surface area contributed by atoms with E-state index in [-0.39, 0.29) is 41.9 Å². The molecule has 1 saturated heterocycles. The van der Waals surface area contributed by atoms with Crippen LogP contribution >= 0.6 is 0 Å². The molecule has 1 atom stereocenters. The molecular weight excluding hydrogens is 351 g/mol. The van der Waals surface area contributed by atoms with E-state index < -0.39 is 17.7 Å². The zero-order chi connectivity index (χ0) is 19.5. The van der Waals surface area contributed by atoms with Gasteiger partial charge in [0.2, 0.25) is 5.91 Å². The van der Waals surface area contributed by atoms with Gasteiger partial charge in [-0.2, -0.15) is 13.2 Å². The van der Waals surface area contributed by atoms with Crippen molar-refractivity contribution in [2.24, 2.45) is 0 Å². The summed E-state index contributed by atoms with van der Waals surface area (Å²) in [6, 6.07) is 1.85. The summed E-state index contributed by atoms with van der Waals surface area (Å²) in [4.78, 5) is 24.8. The SMILES string of the molecule is CCOC(=O)c1cc(C(F)(F)F)c(CN2CCC(NC(C)=O)C2)cc1N. The molecule has 3 N–H and O–H groups in total. The van der Waals surface area contributed by atoms with E-state index in [0.29, 0.717) is 19.5 Å². The maximum Gasteiger partial charge on any atom is 0.416 e. The van der Waals surface area contributed by atoms with Crippen LogP contribution in [0.1, 0.15) is 41.8 Å². The number of nitrogens with zero attached hydrogens (tertiary/aromatic N) is 1. The fraction of sp³-hybridized carbons (Fsp3) is 0.529. The Hall–Kier alpha value is -2.29. The molecule has 0 aromatic heterocycles. The van der Waals surface area contributed by atoms with Gasteiger partial charge in [-0.15, -0.1) is 0 Å². The first-order valence-corrected chi connectivity index (χ1v) is 8.28. The molecule has 0 spiro atoms. The molecule has 6 nitrogen and oxygen atoms in total. The molecule has 9 heteroatoms. The van der Waals surface area contributed by atoms with Gasteiger partial charge in [0.25, 0.3) is 0 Å². The van der Waals surface area contributed by atoms with E-state index >= 15 is 0 Å². The van der Waals surface area contributed by atoms with Crippen molar-refractivity contribution in [3.05, 3.63) is 28.8 Å². The fourth-order valence-corrected chi connectivity index (χ4v) is 3.07. The summed E-state index contributed by atoms with van der Waals surface area (Å²) < 4.78 is 45.2. The molecule has 26 heavy (non-hydrogen) atoms. The maximum absolute atomic E-state index is 13.5. The van der Waals surface area contributed by atoms with Crippen LogP contribution in [0.2, 0.25) is 0 Å². The minimum atomic E-state index is -4.62. The molecular formula is C17H22F3N3O3. The Bertz CT molecular complexity index is 692. The Labute approximate surface area is 149 Å². The number of carbonyl (C=O) groups excluding carboxylic acids is 2. The lowest BCUT2D eigenvalue weighted by atomic mass is 10.0. The van der Waals surface area contributed by atoms with Crippen molar-refractivity contribution in [3.8, 4) is 0 Å². The Kier molecular flexibility index (Phi) is 6.12. The number of carbonyl (C=O) groups is 2. The van der Waals surface area contributed by atoms with Crippen LogP contribution in [0.25, 0.3) is 0 Å². The monoisotopic (exact) mass is 373 g/mol. The number of esters is 1. The molecule has 0 radical (unpaired) electrons. The first-order valence-electron chi connectivity index (χ1n) is 8.28. The minimum absolute atomic E-state index is 0.00785. The van der Waals surface area contributed by atoms with Crippen LogP contribution in [0.15, 0.2) is 12.1 Å². The second kappa shape index (κ2) is 7.94. The summed E-state index contributed by atoms with van der Waals surface area (Å²) in [6.07, 6.45) is -3.96. The topological polar surface area (TPSA) is 84.7 Å². The molecule has 1 amide bonds. The molecule has 2 rings (SSSR count). The Morgan fingerprint density at radius 2 is 2.08 bits per heavy atom. The van der Waals surface area contributed by atoms with E-state index in [4.69, 9.17) is 10.5 Å². The largest absolute Gasteiger partial charge is 0.462 e. The number of anilines is 1. The number of nitrogens with two attached hydrogens (primary N) is 1. The molecule has 0 saturated carbocycles. The predicted octanol–water partition coefficient (Wildman–Crippen LogP) is 2.17. The van der Waals surface area contributed by atoms with Gasteiger partial charge in [-0.25, -0.2) is 4.79 Å². The molecule has 1 heterocycles.